The number of halogens is 2. The summed E-state index contributed by atoms with van der Waals surface area (Å²) in [5, 5.41) is 3.06. The van der Waals surface area contributed by atoms with Crippen molar-refractivity contribution in [3.8, 4) is 0 Å². The molecule has 0 saturated carbocycles. The van der Waals surface area contributed by atoms with Gasteiger partial charge in [-0.15, -0.1) is 0 Å². The summed E-state index contributed by atoms with van der Waals surface area (Å²) in [4.78, 5) is 0. The van der Waals surface area contributed by atoms with E-state index in [2.05, 4.69) is 5.32 Å². The summed E-state index contributed by atoms with van der Waals surface area (Å²) < 4.78 is 27.4. The van der Waals surface area contributed by atoms with E-state index in [4.69, 9.17) is 0 Å². The highest BCUT2D eigenvalue weighted by Gasteiger charge is 2.18. The van der Waals surface area contributed by atoms with E-state index in [-0.39, 0.29) is 17.7 Å². The molecule has 1 unspecified atom stereocenters. The summed E-state index contributed by atoms with van der Waals surface area (Å²) in [5.74, 6) is -0.595. The van der Waals surface area contributed by atoms with E-state index in [0.717, 1.165) is 16.7 Å². The molecule has 19 heavy (non-hydrogen) atoms. The van der Waals surface area contributed by atoms with Gasteiger partial charge in [0.1, 0.15) is 11.6 Å². The monoisotopic (exact) mass is 261 g/mol. The molecule has 1 atom stereocenters. The van der Waals surface area contributed by atoms with Gasteiger partial charge in [-0.1, -0.05) is 23.8 Å². The van der Waals surface area contributed by atoms with E-state index in [1.807, 2.05) is 13.8 Å². The molecule has 0 aliphatic heterocycles. The average molecular weight is 261 g/mol. The van der Waals surface area contributed by atoms with E-state index in [0.29, 0.717) is 5.56 Å². The lowest BCUT2D eigenvalue weighted by molar-refractivity contribution is 0.569. The van der Waals surface area contributed by atoms with Gasteiger partial charge in [0, 0.05) is 5.56 Å². The maximum Gasteiger partial charge on any atom is 0.128 e. The van der Waals surface area contributed by atoms with Gasteiger partial charge in [-0.2, -0.15) is 0 Å². The zero-order chi connectivity index (χ0) is 14.0. The summed E-state index contributed by atoms with van der Waals surface area (Å²) >= 11 is 0. The van der Waals surface area contributed by atoms with Crippen LogP contribution in [0.25, 0.3) is 0 Å². The summed E-state index contributed by atoms with van der Waals surface area (Å²) in [6, 6.07) is 9.20. The van der Waals surface area contributed by atoms with E-state index < -0.39 is 0 Å². The zero-order valence-electron chi connectivity index (χ0n) is 11.3. The molecular weight excluding hydrogens is 244 g/mol. The van der Waals surface area contributed by atoms with Crippen LogP contribution in [0.3, 0.4) is 0 Å². The van der Waals surface area contributed by atoms with Crippen LogP contribution in [0.1, 0.15) is 28.3 Å². The molecule has 0 amide bonds. The van der Waals surface area contributed by atoms with Gasteiger partial charge in [0.25, 0.3) is 0 Å². The lowest BCUT2D eigenvalue weighted by Gasteiger charge is -2.20. The fraction of sp³-hybridized carbons (Fsp3) is 0.250. The lowest BCUT2D eigenvalue weighted by Crippen LogP contribution is -2.20. The smallest absolute Gasteiger partial charge is 0.128 e. The van der Waals surface area contributed by atoms with Crippen molar-refractivity contribution >= 4 is 0 Å². The van der Waals surface area contributed by atoms with Crippen molar-refractivity contribution in [3.05, 3.63) is 70.3 Å². The highest BCUT2D eigenvalue weighted by molar-refractivity contribution is 5.39. The molecule has 2 aromatic carbocycles. The molecule has 0 radical (unpaired) electrons. The Balaban J connectivity index is 2.55. The molecule has 0 saturated heterocycles. The molecule has 0 bridgehead atoms. The van der Waals surface area contributed by atoms with Crippen molar-refractivity contribution in [2.45, 2.75) is 19.9 Å². The Labute approximate surface area is 112 Å². The molecular formula is C16H17F2N. The van der Waals surface area contributed by atoms with E-state index in [1.54, 1.807) is 25.2 Å². The molecule has 2 rings (SSSR count). The Morgan fingerprint density at radius 3 is 2.37 bits per heavy atom. The second-order valence-electron chi connectivity index (χ2n) is 4.75. The third-order valence-electron chi connectivity index (χ3n) is 3.30. The van der Waals surface area contributed by atoms with Gasteiger partial charge in [-0.3, -0.25) is 0 Å². The number of aryl methyl sites for hydroxylation is 2. The third kappa shape index (κ3) is 2.82. The number of nitrogens with one attached hydrogen (secondary N) is 1. The highest BCUT2D eigenvalue weighted by atomic mass is 19.1. The predicted molar refractivity (Wildman–Crippen MR) is 73.2 cm³/mol. The maximum absolute atomic E-state index is 14.0. The Morgan fingerprint density at radius 2 is 1.68 bits per heavy atom. The molecule has 0 aliphatic rings. The fourth-order valence-electron chi connectivity index (χ4n) is 2.29. The lowest BCUT2D eigenvalue weighted by atomic mass is 9.93. The molecule has 2 aromatic rings. The largest absolute Gasteiger partial charge is 0.309 e. The first-order valence-corrected chi connectivity index (χ1v) is 6.22. The molecule has 1 nitrogen and oxygen atoms in total. The fourth-order valence-corrected chi connectivity index (χ4v) is 2.29. The summed E-state index contributed by atoms with van der Waals surface area (Å²) in [7, 11) is 1.75. The molecule has 0 spiro atoms. The summed E-state index contributed by atoms with van der Waals surface area (Å²) in [6.45, 7) is 3.81. The van der Waals surface area contributed by atoms with E-state index >= 15 is 0 Å². The van der Waals surface area contributed by atoms with Crippen LogP contribution in [0, 0.1) is 25.5 Å². The molecule has 3 heteroatoms. The van der Waals surface area contributed by atoms with Gasteiger partial charge in [0.05, 0.1) is 6.04 Å². The topological polar surface area (TPSA) is 12.0 Å². The van der Waals surface area contributed by atoms with Gasteiger partial charge in [0.15, 0.2) is 0 Å². The Hall–Kier alpha value is -1.74. The van der Waals surface area contributed by atoms with Crippen LogP contribution in [0.2, 0.25) is 0 Å². The SMILES string of the molecule is CNC(c1cc(F)ccc1C)c1cc(C)ccc1F. The minimum atomic E-state index is -0.351. The van der Waals surface area contributed by atoms with Gasteiger partial charge in [-0.05, 0) is 50.2 Å². The van der Waals surface area contributed by atoms with Crippen molar-refractivity contribution < 1.29 is 8.78 Å². The van der Waals surface area contributed by atoms with E-state index in [1.165, 1.54) is 18.2 Å². The number of hydrogen-bond acceptors (Lipinski definition) is 1. The van der Waals surface area contributed by atoms with Crippen LogP contribution in [-0.2, 0) is 0 Å². The number of hydrogen-bond donors (Lipinski definition) is 1. The standard InChI is InChI=1S/C16H17F2N/c1-10-4-7-15(18)14(8-10)16(19-3)13-9-12(17)6-5-11(13)2/h4-9,16,19H,1-3H3. The molecule has 1 N–H and O–H groups in total. The minimum Gasteiger partial charge on any atom is -0.309 e. The van der Waals surface area contributed by atoms with Crippen molar-refractivity contribution in [2.24, 2.45) is 0 Å². The second kappa shape index (κ2) is 5.49. The maximum atomic E-state index is 14.0. The molecule has 0 heterocycles. The van der Waals surface area contributed by atoms with Crippen LogP contribution in [0.4, 0.5) is 8.78 Å². The highest BCUT2D eigenvalue weighted by Crippen LogP contribution is 2.27. The summed E-state index contributed by atoms with van der Waals surface area (Å²) in [5.41, 5.74) is 3.20. The first-order chi connectivity index (χ1) is 9.02. The normalized spacial score (nSPS) is 12.5. The van der Waals surface area contributed by atoms with Crippen LogP contribution in [-0.4, -0.2) is 7.05 Å². The summed E-state index contributed by atoms with van der Waals surface area (Å²) in [6.07, 6.45) is 0. The van der Waals surface area contributed by atoms with Gasteiger partial charge < -0.3 is 5.32 Å². The molecule has 0 fully saturated rings. The van der Waals surface area contributed by atoms with Crippen LogP contribution >= 0.6 is 0 Å². The van der Waals surface area contributed by atoms with E-state index in [9.17, 15) is 8.78 Å². The van der Waals surface area contributed by atoms with Crippen molar-refractivity contribution in [2.75, 3.05) is 7.05 Å². The predicted octanol–water partition coefficient (Wildman–Crippen LogP) is 3.89. The number of benzene rings is 2. The van der Waals surface area contributed by atoms with Crippen LogP contribution < -0.4 is 5.32 Å². The van der Waals surface area contributed by atoms with Gasteiger partial charge >= 0.3 is 0 Å². The van der Waals surface area contributed by atoms with Crippen molar-refractivity contribution in [3.63, 3.8) is 0 Å². The Bertz CT molecular complexity index is 542. The Morgan fingerprint density at radius 1 is 0.947 bits per heavy atom. The van der Waals surface area contributed by atoms with Gasteiger partial charge in [0.2, 0.25) is 0 Å². The second-order valence-corrected chi connectivity index (χ2v) is 4.75. The minimum absolute atomic E-state index is 0.284. The molecule has 0 aliphatic carbocycles. The average Bonchev–Trinajstić information content (AvgIpc) is 2.38. The Kier molecular flexibility index (Phi) is 3.96. The number of rotatable bonds is 3. The molecule has 100 valence electrons. The van der Waals surface area contributed by atoms with Gasteiger partial charge in [-0.25, -0.2) is 8.78 Å². The van der Waals surface area contributed by atoms with Crippen LogP contribution in [0.15, 0.2) is 36.4 Å². The third-order valence-corrected chi connectivity index (χ3v) is 3.30. The quantitative estimate of drug-likeness (QED) is 0.883. The first kappa shape index (κ1) is 13.7. The zero-order valence-corrected chi connectivity index (χ0v) is 11.3. The van der Waals surface area contributed by atoms with Crippen molar-refractivity contribution in [1.29, 1.82) is 0 Å². The first-order valence-electron chi connectivity index (χ1n) is 6.22. The van der Waals surface area contributed by atoms with Crippen LogP contribution in [0.5, 0.6) is 0 Å². The molecule has 0 aromatic heterocycles. The van der Waals surface area contributed by atoms with Crippen molar-refractivity contribution in [1.82, 2.24) is 5.32 Å².